The lowest BCUT2D eigenvalue weighted by Crippen LogP contribution is -2.17. The topological polar surface area (TPSA) is 102 Å². The van der Waals surface area contributed by atoms with Gasteiger partial charge in [0.05, 0.1) is 5.56 Å². The number of unbranched alkanes of at least 4 members (excludes halogenated alkanes) is 1. The van der Waals surface area contributed by atoms with Crippen LogP contribution in [0.15, 0.2) is 36.0 Å². The normalized spacial score (nSPS) is 10.6. The van der Waals surface area contributed by atoms with Crippen LogP contribution < -0.4 is 10.6 Å². The SMILES string of the molecule is CCCCN/C=C(/C#N)C(=O)Nc1cccc(C(=O)O)c1. The maximum atomic E-state index is 11.9. The van der Waals surface area contributed by atoms with Crippen molar-refractivity contribution in [2.45, 2.75) is 19.8 Å². The monoisotopic (exact) mass is 287 g/mol. The van der Waals surface area contributed by atoms with Gasteiger partial charge in [-0.3, -0.25) is 4.79 Å². The van der Waals surface area contributed by atoms with Gasteiger partial charge in [-0.05, 0) is 24.6 Å². The Kier molecular flexibility index (Phi) is 6.48. The van der Waals surface area contributed by atoms with Crippen LogP contribution >= 0.6 is 0 Å². The molecule has 1 amide bonds. The average Bonchev–Trinajstić information content (AvgIpc) is 2.47. The summed E-state index contributed by atoms with van der Waals surface area (Å²) in [6, 6.07) is 7.64. The lowest BCUT2D eigenvalue weighted by atomic mass is 10.2. The van der Waals surface area contributed by atoms with Gasteiger partial charge in [0.25, 0.3) is 5.91 Å². The third-order valence-electron chi connectivity index (χ3n) is 2.65. The van der Waals surface area contributed by atoms with E-state index < -0.39 is 11.9 Å². The predicted octanol–water partition coefficient (Wildman–Crippen LogP) is 2.12. The second-order valence-corrected chi connectivity index (χ2v) is 4.32. The van der Waals surface area contributed by atoms with E-state index in [9.17, 15) is 9.59 Å². The zero-order chi connectivity index (χ0) is 15.7. The number of benzene rings is 1. The highest BCUT2D eigenvalue weighted by Crippen LogP contribution is 2.11. The number of aromatic carboxylic acids is 1. The Balaban J connectivity index is 2.72. The van der Waals surface area contributed by atoms with Gasteiger partial charge >= 0.3 is 5.97 Å². The van der Waals surface area contributed by atoms with E-state index in [1.165, 1.54) is 24.4 Å². The van der Waals surface area contributed by atoms with Gasteiger partial charge in [0.15, 0.2) is 0 Å². The first kappa shape index (κ1) is 16.2. The summed E-state index contributed by atoms with van der Waals surface area (Å²) in [5, 5.41) is 23.2. The average molecular weight is 287 g/mol. The third-order valence-corrected chi connectivity index (χ3v) is 2.65. The third kappa shape index (κ3) is 5.37. The summed E-state index contributed by atoms with van der Waals surface area (Å²) in [4.78, 5) is 22.7. The van der Waals surface area contributed by atoms with E-state index in [4.69, 9.17) is 10.4 Å². The highest BCUT2D eigenvalue weighted by Gasteiger charge is 2.10. The molecule has 0 aliphatic rings. The zero-order valence-corrected chi connectivity index (χ0v) is 11.7. The van der Waals surface area contributed by atoms with Crippen LogP contribution in [0.3, 0.4) is 0 Å². The number of carboxylic acids is 1. The van der Waals surface area contributed by atoms with E-state index >= 15 is 0 Å². The maximum Gasteiger partial charge on any atom is 0.335 e. The highest BCUT2D eigenvalue weighted by atomic mass is 16.4. The van der Waals surface area contributed by atoms with E-state index in [1.807, 2.05) is 6.92 Å². The second-order valence-electron chi connectivity index (χ2n) is 4.32. The van der Waals surface area contributed by atoms with Crippen molar-refractivity contribution < 1.29 is 14.7 Å². The lowest BCUT2D eigenvalue weighted by molar-refractivity contribution is -0.112. The largest absolute Gasteiger partial charge is 0.478 e. The van der Waals surface area contributed by atoms with Crippen LogP contribution in [-0.4, -0.2) is 23.5 Å². The number of carbonyl (C=O) groups is 2. The summed E-state index contributed by atoms with van der Waals surface area (Å²) in [5.74, 6) is -1.66. The molecule has 1 rings (SSSR count). The molecule has 0 atom stereocenters. The van der Waals surface area contributed by atoms with E-state index in [0.29, 0.717) is 12.2 Å². The van der Waals surface area contributed by atoms with Crippen LogP contribution in [0.25, 0.3) is 0 Å². The van der Waals surface area contributed by atoms with Gasteiger partial charge in [0.2, 0.25) is 0 Å². The molecular formula is C15H17N3O3. The van der Waals surface area contributed by atoms with Crippen molar-refractivity contribution in [3.05, 3.63) is 41.6 Å². The van der Waals surface area contributed by atoms with Gasteiger partial charge in [0, 0.05) is 18.4 Å². The summed E-state index contributed by atoms with van der Waals surface area (Å²) in [7, 11) is 0. The van der Waals surface area contributed by atoms with E-state index in [2.05, 4.69) is 10.6 Å². The molecule has 1 aromatic rings. The number of amides is 1. The van der Waals surface area contributed by atoms with Crippen molar-refractivity contribution in [2.75, 3.05) is 11.9 Å². The molecule has 0 aliphatic carbocycles. The van der Waals surface area contributed by atoms with Crippen LogP contribution in [0.2, 0.25) is 0 Å². The summed E-state index contributed by atoms with van der Waals surface area (Å²) < 4.78 is 0. The first-order valence-corrected chi connectivity index (χ1v) is 6.56. The lowest BCUT2D eigenvalue weighted by Gasteiger charge is -2.05. The Bertz CT molecular complexity index is 588. The Labute approximate surface area is 123 Å². The number of carboxylic acid groups (broad SMARTS) is 1. The minimum absolute atomic E-state index is 0.0631. The number of rotatable bonds is 7. The molecule has 6 heteroatoms. The van der Waals surface area contributed by atoms with Gasteiger partial charge < -0.3 is 15.7 Å². The molecule has 3 N–H and O–H groups in total. The van der Waals surface area contributed by atoms with Gasteiger partial charge in [-0.1, -0.05) is 19.4 Å². The van der Waals surface area contributed by atoms with Crippen molar-refractivity contribution in [2.24, 2.45) is 0 Å². The van der Waals surface area contributed by atoms with Crippen LogP contribution in [0.1, 0.15) is 30.1 Å². The molecule has 110 valence electrons. The van der Waals surface area contributed by atoms with E-state index in [-0.39, 0.29) is 11.1 Å². The minimum Gasteiger partial charge on any atom is -0.478 e. The summed E-state index contributed by atoms with van der Waals surface area (Å²) in [5.41, 5.74) is 0.331. The first-order valence-electron chi connectivity index (χ1n) is 6.56. The standard InChI is InChI=1S/C15H17N3O3/c1-2-3-7-17-10-12(9-16)14(19)18-13-6-4-5-11(8-13)15(20)21/h4-6,8,10,17H,2-3,7H2,1H3,(H,18,19)(H,20,21)/b12-10-. The van der Waals surface area contributed by atoms with Crippen molar-refractivity contribution in [1.82, 2.24) is 5.32 Å². The molecule has 0 saturated carbocycles. The molecule has 0 aliphatic heterocycles. The molecule has 0 heterocycles. The zero-order valence-electron chi connectivity index (χ0n) is 11.7. The molecule has 0 unspecified atom stereocenters. The molecule has 1 aromatic carbocycles. The summed E-state index contributed by atoms with van der Waals surface area (Å²) in [6.45, 7) is 2.72. The van der Waals surface area contributed by atoms with Crippen molar-refractivity contribution in [3.63, 3.8) is 0 Å². The molecule has 6 nitrogen and oxygen atoms in total. The number of nitriles is 1. The molecule has 0 fully saturated rings. The molecular weight excluding hydrogens is 270 g/mol. The second kappa shape index (κ2) is 8.38. The number of hydrogen-bond donors (Lipinski definition) is 3. The van der Waals surface area contributed by atoms with E-state index in [0.717, 1.165) is 12.8 Å². The number of hydrogen-bond acceptors (Lipinski definition) is 4. The number of carbonyl (C=O) groups excluding carboxylic acids is 1. The fourth-order valence-corrected chi connectivity index (χ4v) is 1.53. The molecule has 0 bridgehead atoms. The van der Waals surface area contributed by atoms with Crippen molar-refractivity contribution in [3.8, 4) is 6.07 Å². The van der Waals surface area contributed by atoms with Crippen molar-refractivity contribution >= 4 is 17.6 Å². The van der Waals surface area contributed by atoms with Gasteiger partial charge in [-0.25, -0.2) is 4.79 Å². The Morgan fingerprint density at radius 3 is 2.81 bits per heavy atom. The van der Waals surface area contributed by atoms with Crippen LogP contribution in [0, 0.1) is 11.3 Å². The van der Waals surface area contributed by atoms with Gasteiger partial charge in [-0.2, -0.15) is 5.26 Å². The molecule has 0 saturated heterocycles. The first-order chi connectivity index (χ1) is 10.1. The minimum atomic E-state index is -1.08. The highest BCUT2D eigenvalue weighted by molar-refractivity contribution is 6.06. The fourth-order valence-electron chi connectivity index (χ4n) is 1.53. The van der Waals surface area contributed by atoms with Crippen LogP contribution in [-0.2, 0) is 4.79 Å². The Morgan fingerprint density at radius 2 is 2.19 bits per heavy atom. The maximum absolute atomic E-state index is 11.9. The number of nitrogens with one attached hydrogen (secondary N) is 2. The van der Waals surface area contributed by atoms with Crippen molar-refractivity contribution in [1.29, 1.82) is 5.26 Å². The molecule has 0 radical (unpaired) electrons. The molecule has 0 spiro atoms. The smallest absolute Gasteiger partial charge is 0.335 e. The van der Waals surface area contributed by atoms with E-state index in [1.54, 1.807) is 12.1 Å². The van der Waals surface area contributed by atoms with Crippen LogP contribution in [0.4, 0.5) is 5.69 Å². The predicted molar refractivity (Wildman–Crippen MR) is 78.6 cm³/mol. The van der Waals surface area contributed by atoms with Gasteiger partial charge in [0.1, 0.15) is 11.6 Å². The number of anilines is 1. The summed E-state index contributed by atoms with van der Waals surface area (Å²) in [6.07, 6.45) is 3.32. The van der Waals surface area contributed by atoms with Gasteiger partial charge in [-0.15, -0.1) is 0 Å². The molecule has 21 heavy (non-hydrogen) atoms. The number of nitrogens with zero attached hydrogens (tertiary/aromatic N) is 1. The Morgan fingerprint density at radius 1 is 1.43 bits per heavy atom. The van der Waals surface area contributed by atoms with Crippen LogP contribution in [0.5, 0.6) is 0 Å². The molecule has 0 aromatic heterocycles. The quantitative estimate of drug-likeness (QED) is 0.405. The summed E-state index contributed by atoms with van der Waals surface area (Å²) >= 11 is 0. The Hall–Kier alpha value is -2.81. The fraction of sp³-hybridized carbons (Fsp3) is 0.267.